The van der Waals surface area contributed by atoms with Crippen LogP contribution in [0.4, 0.5) is 0 Å². The summed E-state index contributed by atoms with van der Waals surface area (Å²) in [6.07, 6.45) is 10.3. The summed E-state index contributed by atoms with van der Waals surface area (Å²) in [6, 6.07) is 0. The third kappa shape index (κ3) is 2.26. The molecule has 0 N–H and O–H groups in total. The number of carbonyl (C=O) groups excluding carboxylic acids is 1. The van der Waals surface area contributed by atoms with Crippen molar-refractivity contribution in [2.24, 2.45) is 11.8 Å². The maximum Gasteiger partial charge on any atom is 0.133 e. The SMILES string of the molecule is CC1CCC(=O)CC1CC1=CCCC1. The maximum absolute atomic E-state index is 11.4. The summed E-state index contributed by atoms with van der Waals surface area (Å²) < 4.78 is 0. The van der Waals surface area contributed by atoms with Gasteiger partial charge in [0.2, 0.25) is 0 Å². The standard InChI is InChI=1S/C13H20O/c1-10-6-7-13(14)9-12(10)8-11-4-2-3-5-11/h4,10,12H,2-3,5-9H2,1H3. The van der Waals surface area contributed by atoms with Gasteiger partial charge in [-0.2, -0.15) is 0 Å². The number of ketones is 1. The molecule has 2 unspecified atom stereocenters. The predicted molar refractivity (Wildman–Crippen MR) is 58.1 cm³/mol. The number of carbonyl (C=O) groups is 1. The van der Waals surface area contributed by atoms with Crippen LogP contribution >= 0.6 is 0 Å². The highest BCUT2D eigenvalue weighted by Crippen LogP contribution is 2.35. The average molecular weight is 192 g/mol. The quantitative estimate of drug-likeness (QED) is 0.612. The number of rotatable bonds is 2. The van der Waals surface area contributed by atoms with E-state index in [0.29, 0.717) is 11.7 Å². The number of hydrogen-bond acceptors (Lipinski definition) is 1. The summed E-state index contributed by atoms with van der Waals surface area (Å²) >= 11 is 0. The average Bonchev–Trinajstić information content (AvgIpc) is 2.64. The van der Waals surface area contributed by atoms with Crippen molar-refractivity contribution in [3.05, 3.63) is 11.6 Å². The zero-order chi connectivity index (χ0) is 9.97. The Labute approximate surface area is 86.6 Å². The molecule has 0 saturated heterocycles. The zero-order valence-electron chi connectivity index (χ0n) is 9.09. The minimum atomic E-state index is 0.492. The Hall–Kier alpha value is -0.590. The van der Waals surface area contributed by atoms with Gasteiger partial charge in [0.1, 0.15) is 5.78 Å². The first-order chi connectivity index (χ1) is 6.75. The Kier molecular flexibility index (Phi) is 3.05. The van der Waals surface area contributed by atoms with Gasteiger partial charge in [0.05, 0.1) is 0 Å². The highest BCUT2D eigenvalue weighted by Gasteiger charge is 2.26. The van der Waals surface area contributed by atoms with Crippen LogP contribution < -0.4 is 0 Å². The van der Waals surface area contributed by atoms with Gasteiger partial charge in [0.15, 0.2) is 0 Å². The second kappa shape index (κ2) is 4.29. The van der Waals surface area contributed by atoms with Crippen LogP contribution in [0.25, 0.3) is 0 Å². The van der Waals surface area contributed by atoms with Gasteiger partial charge in [-0.3, -0.25) is 4.79 Å². The third-order valence-corrected chi connectivity index (χ3v) is 3.83. The van der Waals surface area contributed by atoms with Crippen LogP contribution in [0.2, 0.25) is 0 Å². The highest BCUT2D eigenvalue weighted by molar-refractivity contribution is 5.79. The van der Waals surface area contributed by atoms with Gasteiger partial charge >= 0.3 is 0 Å². The first kappa shape index (κ1) is 9.95. The molecule has 2 aliphatic carbocycles. The van der Waals surface area contributed by atoms with Crippen LogP contribution in [0.3, 0.4) is 0 Å². The van der Waals surface area contributed by atoms with Crippen molar-refractivity contribution in [3.8, 4) is 0 Å². The minimum Gasteiger partial charge on any atom is -0.300 e. The number of Topliss-reactive ketones (excluding diaryl/α,β-unsaturated/α-hetero) is 1. The van der Waals surface area contributed by atoms with Crippen LogP contribution in [0, 0.1) is 11.8 Å². The van der Waals surface area contributed by atoms with E-state index in [1.165, 1.54) is 25.7 Å². The van der Waals surface area contributed by atoms with Gasteiger partial charge in [0.25, 0.3) is 0 Å². The van der Waals surface area contributed by atoms with Crippen molar-refractivity contribution in [1.82, 2.24) is 0 Å². The lowest BCUT2D eigenvalue weighted by Gasteiger charge is -2.28. The largest absolute Gasteiger partial charge is 0.300 e. The lowest BCUT2D eigenvalue weighted by molar-refractivity contribution is -0.122. The van der Waals surface area contributed by atoms with Crippen LogP contribution in [0.1, 0.15) is 51.9 Å². The Bertz CT molecular complexity index is 252. The lowest BCUT2D eigenvalue weighted by atomic mass is 9.76. The smallest absolute Gasteiger partial charge is 0.133 e. The molecule has 1 heteroatoms. The fourth-order valence-corrected chi connectivity index (χ4v) is 2.75. The van der Waals surface area contributed by atoms with Crippen LogP contribution in [-0.4, -0.2) is 5.78 Å². The molecule has 78 valence electrons. The molecule has 0 aromatic heterocycles. The van der Waals surface area contributed by atoms with E-state index in [2.05, 4.69) is 13.0 Å². The summed E-state index contributed by atoms with van der Waals surface area (Å²) in [5, 5.41) is 0. The molecule has 14 heavy (non-hydrogen) atoms. The molecule has 0 heterocycles. The van der Waals surface area contributed by atoms with E-state index >= 15 is 0 Å². The number of hydrogen-bond donors (Lipinski definition) is 0. The lowest BCUT2D eigenvalue weighted by Crippen LogP contribution is -2.23. The van der Waals surface area contributed by atoms with Crippen molar-refractivity contribution in [3.63, 3.8) is 0 Å². The van der Waals surface area contributed by atoms with E-state index in [4.69, 9.17) is 0 Å². The monoisotopic (exact) mass is 192 g/mol. The highest BCUT2D eigenvalue weighted by atomic mass is 16.1. The topological polar surface area (TPSA) is 17.1 Å². The first-order valence-electron chi connectivity index (χ1n) is 5.95. The zero-order valence-corrected chi connectivity index (χ0v) is 9.09. The van der Waals surface area contributed by atoms with Gasteiger partial charge in [-0.15, -0.1) is 0 Å². The van der Waals surface area contributed by atoms with Crippen molar-refractivity contribution in [2.75, 3.05) is 0 Å². The Morgan fingerprint density at radius 2 is 2.29 bits per heavy atom. The Morgan fingerprint density at radius 1 is 1.43 bits per heavy atom. The molecule has 0 aliphatic heterocycles. The fraction of sp³-hybridized carbons (Fsp3) is 0.769. The molecule has 1 fully saturated rings. The van der Waals surface area contributed by atoms with E-state index in [1.54, 1.807) is 5.57 Å². The molecule has 0 radical (unpaired) electrons. The molecule has 2 atom stereocenters. The summed E-state index contributed by atoms with van der Waals surface area (Å²) in [5.74, 6) is 1.90. The first-order valence-corrected chi connectivity index (χ1v) is 5.95. The second-order valence-electron chi connectivity index (χ2n) is 4.98. The van der Waals surface area contributed by atoms with Crippen molar-refractivity contribution < 1.29 is 4.79 Å². The van der Waals surface area contributed by atoms with Gasteiger partial charge in [-0.25, -0.2) is 0 Å². The van der Waals surface area contributed by atoms with Crippen LogP contribution in [-0.2, 0) is 4.79 Å². The summed E-state index contributed by atoms with van der Waals surface area (Å²) in [7, 11) is 0. The summed E-state index contributed by atoms with van der Waals surface area (Å²) in [4.78, 5) is 11.4. The van der Waals surface area contributed by atoms with Gasteiger partial charge in [0, 0.05) is 12.8 Å². The summed E-state index contributed by atoms with van der Waals surface area (Å²) in [6.45, 7) is 2.31. The van der Waals surface area contributed by atoms with E-state index in [0.717, 1.165) is 25.2 Å². The van der Waals surface area contributed by atoms with Gasteiger partial charge in [-0.1, -0.05) is 18.6 Å². The molecule has 2 aliphatic rings. The second-order valence-corrected chi connectivity index (χ2v) is 4.98. The predicted octanol–water partition coefficient (Wildman–Crippen LogP) is 3.49. The molecule has 0 spiro atoms. The Morgan fingerprint density at radius 3 is 3.00 bits per heavy atom. The third-order valence-electron chi connectivity index (χ3n) is 3.83. The fourth-order valence-electron chi connectivity index (χ4n) is 2.75. The van der Waals surface area contributed by atoms with Crippen LogP contribution in [0.5, 0.6) is 0 Å². The van der Waals surface area contributed by atoms with Crippen molar-refractivity contribution in [1.29, 1.82) is 0 Å². The molecule has 0 amide bonds. The molecule has 2 rings (SSSR count). The molecule has 0 bridgehead atoms. The molecule has 1 nitrogen and oxygen atoms in total. The molecule has 1 saturated carbocycles. The molecular formula is C13H20O. The molecule has 0 aromatic carbocycles. The Balaban J connectivity index is 1.91. The van der Waals surface area contributed by atoms with E-state index < -0.39 is 0 Å². The summed E-state index contributed by atoms with van der Waals surface area (Å²) in [5.41, 5.74) is 1.62. The maximum atomic E-state index is 11.4. The van der Waals surface area contributed by atoms with E-state index in [1.807, 2.05) is 0 Å². The molecule has 0 aromatic rings. The van der Waals surface area contributed by atoms with Gasteiger partial charge in [-0.05, 0) is 43.9 Å². The van der Waals surface area contributed by atoms with E-state index in [9.17, 15) is 4.79 Å². The van der Waals surface area contributed by atoms with Gasteiger partial charge < -0.3 is 0 Å². The molecular weight excluding hydrogens is 172 g/mol. The van der Waals surface area contributed by atoms with E-state index in [-0.39, 0.29) is 0 Å². The van der Waals surface area contributed by atoms with Crippen LogP contribution in [0.15, 0.2) is 11.6 Å². The van der Waals surface area contributed by atoms with Crippen molar-refractivity contribution in [2.45, 2.75) is 51.9 Å². The van der Waals surface area contributed by atoms with Crippen molar-refractivity contribution >= 4 is 5.78 Å². The number of allylic oxidation sites excluding steroid dienone is 2. The normalized spacial score (nSPS) is 33.2. The minimum absolute atomic E-state index is 0.492.